The summed E-state index contributed by atoms with van der Waals surface area (Å²) in [5, 5.41) is 0. The van der Waals surface area contributed by atoms with Crippen LogP contribution in [0.3, 0.4) is 0 Å². The zero-order valence-corrected chi connectivity index (χ0v) is 24.6. The van der Waals surface area contributed by atoms with Gasteiger partial charge in [0.1, 0.15) is 5.75 Å². The van der Waals surface area contributed by atoms with Crippen LogP contribution in [0.15, 0.2) is 24.3 Å². The second-order valence-electron chi connectivity index (χ2n) is 11.4. The summed E-state index contributed by atoms with van der Waals surface area (Å²) in [6, 6.07) is 6.33. The molecule has 0 heterocycles. The molecule has 0 fully saturated rings. The maximum atomic E-state index is 13.6. The molecular formula is C30H45F9O2. The van der Waals surface area contributed by atoms with Gasteiger partial charge in [0.25, 0.3) is 0 Å². The molecular weight excluding hydrogens is 563 g/mol. The lowest BCUT2D eigenvalue weighted by molar-refractivity contribution is -0.396. The van der Waals surface area contributed by atoms with Gasteiger partial charge in [0.15, 0.2) is 0 Å². The van der Waals surface area contributed by atoms with E-state index in [-0.39, 0.29) is 11.9 Å². The van der Waals surface area contributed by atoms with Crippen LogP contribution in [0.2, 0.25) is 0 Å². The lowest BCUT2D eigenvalue weighted by atomic mass is 9.91. The number of alkyl halides is 9. The summed E-state index contributed by atoms with van der Waals surface area (Å²) < 4.78 is 127. The van der Waals surface area contributed by atoms with Gasteiger partial charge in [-0.05, 0) is 55.2 Å². The Kier molecular flexibility index (Phi) is 14.8. The molecule has 1 rings (SSSR count). The third kappa shape index (κ3) is 11.5. The third-order valence-corrected chi connectivity index (χ3v) is 7.80. The Bertz CT molecular complexity index is 857. The van der Waals surface area contributed by atoms with Crippen LogP contribution in [0.25, 0.3) is 0 Å². The van der Waals surface area contributed by atoms with Crippen molar-refractivity contribution in [2.45, 2.75) is 129 Å². The van der Waals surface area contributed by atoms with E-state index >= 15 is 0 Å². The Morgan fingerprint density at radius 3 is 1.76 bits per heavy atom. The molecule has 0 aliphatic heterocycles. The summed E-state index contributed by atoms with van der Waals surface area (Å²) >= 11 is 0. The molecule has 2 nitrogen and oxygen atoms in total. The summed E-state index contributed by atoms with van der Waals surface area (Å²) in [5.74, 6) is -17.0. The minimum absolute atomic E-state index is 0.0242. The molecule has 240 valence electrons. The van der Waals surface area contributed by atoms with Crippen LogP contribution in [0.5, 0.6) is 5.75 Å². The average molecular weight is 609 g/mol. The van der Waals surface area contributed by atoms with E-state index < -0.39 is 43.4 Å². The van der Waals surface area contributed by atoms with Crippen molar-refractivity contribution < 1.29 is 49.0 Å². The van der Waals surface area contributed by atoms with Crippen LogP contribution in [-0.2, 0) is 11.3 Å². The fraction of sp³-hybridized carbons (Fsp3) is 0.800. The highest BCUT2D eigenvalue weighted by atomic mass is 19.4. The average Bonchev–Trinajstić information content (AvgIpc) is 2.89. The van der Waals surface area contributed by atoms with Gasteiger partial charge in [0.2, 0.25) is 0 Å². The maximum Gasteiger partial charge on any atom is 0.460 e. The molecule has 0 aliphatic carbocycles. The van der Waals surface area contributed by atoms with Gasteiger partial charge in [-0.3, -0.25) is 0 Å². The highest BCUT2D eigenvalue weighted by Crippen LogP contribution is 2.54. The Morgan fingerprint density at radius 1 is 0.683 bits per heavy atom. The zero-order valence-electron chi connectivity index (χ0n) is 24.6. The van der Waals surface area contributed by atoms with Crippen molar-refractivity contribution in [1.29, 1.82) is 0 Å². The first-order valence-electron chi connectivity index (χ1n) is 14.4. The number of halogens is 9. The van der Waals surface area contributed by atoms with E-state index in [1.807, 2.05) is 6.92 Å². The first-order valence-corrected chi connectivity index (χ1v) is 14.4. The van der Waals surface area contributed by atoms with Crippen LogP contribution in [-0.4, -0.2) is 36.7 Å². The highest BCUT2D eigenvalue weighted by molar-refractivity contribution is 5.26. The highest BCUT2D eigenvalue weighted by Gasteiger charge is 2.81. The molecule has 41 heavy (non-hydrogen) atoms. The predicted molar refractivity (Wildman–Crippen MR) is 142 cm³/mol. The molecule has 0 unspecified atom stereocenters. The van der Waals surface area contributed by atoms with Crippen LogP contribution in [0.1, 0.15) is 98.0 Å². The monoisotopic (exact) mass is 608 g/mol. The van der Waals surface area contributed by atoms with Crippen molar-refractivity contribution in [1.82, 2.24) is 0 Å². The van der Waals surface area contributed by atoms with Gasteiger partial charge >= 0.3 is 23.9 Å². The first-order chi connectivity index (χ1) is 18.9. The molecule has 0 spiro atoms. The molecule has 1 aromatic rings. The SMILES string of the molecule is CC[C@H](C)CCC[C@H](C)CCC[C@H](C)[C@H](C)OCc1ccc(OCCCC(F)(F)C(F)(F)C(F)(F)C(F)(F)F)cc1. The molecule has 0 amide bonds. The van der Waals surface area contributed by atoms with E-state index in [2.05, 4.69) is 27.7 Å². The van der Waals surface area contributed by atoms with E-state index in [0.717, 1.165) is 24.3 Å². The molecule has 4 atom stereocenters. The van der Waals surface area contributed by atoms with Gasteiger partial charge in [-0.1, -0.05) is 78.4 Å². The Morgan fingerprint density at radius 2 is 1.22 bits per heavy atom. The topological polar surface area (TPSA) is 18.5 Å². The molecule has 0 aromatic heterocycles. The van der Waals surface area contributed by atoms with Gasteiger partial charge in [-0.15, -0.1) is 0 Å². The van der Waals surface area contributed by atoms with E-state index in [1.165, 1.54) is 44.2 Å². The summed E-state index contributed by atoms with van der Waals surface area (Å²) in [6.45, 7) is 10.7. The fourth-order valence-electron chi connectivity index (χ4n) is 4.31. The number of ether oxygens (including phenoxy) is 2. The fourth-order valence-corrected chi connectivity index (χ4v) is 4.31. The van der Waals surface area contributed by atoms with Gasteiger partial charge in [-0.25, -0.2) is 0 Å². The van der Waals surface area contributed by atoms with Crippen LogP contribution < -0.4 is 4.74 Å². The molecule has 0 radical (unpaired) electrons. The van der Waals surface area contributed by atoms with Crippen molar-refractivity contribution >= 4 is 0 Å². The lowest BCUT2D eigenvalue weighted by Gasteiger charge is -2.33. The van der Waals surface area contributed by atoms with Crippen LogP contribution in [0.4, 0.5) is 39.5 Å². The largest absolute Gasteiger partial charge is 0.494 e. The quantitative estimate of drug-likeness (QED) is 0.108. The minimum atomic E-state index is -6.87. The summed E-state index contributed by atoms with van der Waals surface area (Å²) in [7, 11) is 0. The maximum absolute atomic E-state index is 13.6. The van der Waals surface area contributed by atoms with Crippen molar-refractivity contribution in [2.24, 2.45) is 17.8 Å². The van der Waals surface area contributed by atoms with Crippen molar-refractivity contribution in [3.05, 3.63) is 29.8 Å². The molecule has 0 saturated heterocycles. The zero-order chi connectivity index (χ0) is 31.5. The predicted octanol–water partition coefficient (Wildman–Crippen LogP) is 10.9. The Hall–Kier alpha value is -1.65. The van der Waals surface area contributed by atoms with E-state index in [4.69, 9.17) is 9.47 Å². The van der Waals surface area contributed by atoms with Crippen LogP contribution in [0, 0.1) is 17.8 Å². The Balaban J connectivity index is 2.38. The van der Waals surface area contributed by atoms with E-state index in [9.17, 15) is 39.5 Å². The minimum Gasteiger partial charge on any atom is -0.494 e. The summed E-state index contributed by atoms with van der Waals surface area (Å²) in [5.41, 5.74) is 0.812. The molecule has 0 N–H and O–H groups in total. The smallest absolute Gasteiger partial charge is 0.460 e. The normalized spacial score (nSPS) is 16.3. The van der Waals surface area contributed by atoms with Gasteiger partial charge in [-0.2, -0.15) is 39.5 Å². The number of benzene rings is 1. The van der Waals surface area contributed by atoms with Gasteiger partial charge in [0, 0.05) is 6.42 Å². The van der Waals surface area contributed by atoms with E-state index in [1.54, 1.807) is 12.1 Å². The summed E-state index contributed by atoms with van der Waals surface area (Å²) in [4.78, 5) is 0. The number of hydrogen-bond donors (Lipinski definition) is 0. The lowest BCUT2D eigenvalue weighted by Crippen LogP contribution is -2.60. The standard InChI is InChI=1S/C30H45F9O2/c1-6-21(2)10-7-11-22(3)12-8-13-23(4)24(5)41-20-25-14-16-26(17-15-25)40-19-9-18-27(31,32)28(33,34)29(35,36)30(37,38)39/h14-17,21-24H,6-13,18-20H2,1-5H3/t21-,22-,23-,24-/m0/s1. The first kappa shape index (κ1) is 37.4. The van der Waals surface area contributed by atoms with Crippen molar-refractivity contribution in [3.8, 4) is 5.75 Å². The number of hydrogen-bond acceptors (Lipinski definition) is 2. The van der Waals surface area contributed by atoms with E-state index in [0.29, 0.717) is 18.4 Å². The molecule has 11 heteroatoms. The Labute approximate surface area is 238 Å². The molecule has 1 aromatic carbocycles. The second-order valence-corrected chi connectivity index (χ2v) is 11.4. The summed E-state index contributed by atoms with van der Waals surface area (Å²) in [6.07, 6.45) is -1.14. The van der Waals surface area contributed by atoms with Crippen LogP contribution >= 0.6 is 0 Å². The van der Waals surface area contributed by atoms with Gasteiger partial charge in [0.05, 0.1) is 19.3 Å². The van der Waals surface area contributed by atoms with Crippen molar-refractivity contribution in [2.75, 3.05) is 6.61 Å². The molecule has 0 bridgehead atoms. The number of rotatable bonds is 20. The second kappa shape index (κ2) is 16.3. The molecule has 0 saturated carbocycles. The van der Waals surface area contributed by atoms with Crippen molar-refractivity contribution in [3.63, 3.8) is 0 Å². The third-order valence-electron chi connectivity index (χ3n) is 7.80. The van der Waals surface area contributed by atoms with Gasteiger partial charge < -0.3 is 9.47 Å². The molecule has 0 aliphatic rings.